The van der Waals surface area contributed by atoms with Gasteiger partial charge in [0.25, 0.3) is 0 Å². The molecular formula is C14H28O4S2. The van der Waals surface area contributed by atoms with E-state index in [0.717, 1.165) is 18.6 Å². The molecule has 6 heteroatoms. The predicted octanol–water partition coefficient (Wildman–Crippen LogP) is 2.35. The Balaban J connectivity index is 0.000000396. The molecule has 0 amide bonds. The van der Waals surface area contributed by atoms with Crippen molar-refractivity contribution in [3.63, 3.8) is 0 Å². The number of Topliss-reactive ketones (excluding diaryl/α,β-unsaturated/α-hetero) is 1. The van der Waals surface area contributed by atoms with Crippen molar-refractivity contribution in [1.29, 1.82) is 0 Å². The topological polar surface area (TPSA) is 74.3 Å². The number of ketones is 1. The average molecular weight is 325 g/mol. The third-order valence-corrected chi connectivity index (χ3v) is 6.66. The molecule has 1 atom stereocenters. The van der Waals surface area contributed by atoms with Crippen LogP contribution in [-0.4, -0.2) is 41.8 Å². The Morgan fingerprint density at radius 2 is 1.90 bits per heavy atom. The molecule has 1 fully saturated rings. The van der Waals surface area contributed by atoms with E-state index in [1.165, 1.54) is 17.9 Å². The molecule has 120 valence electrons. The second-order valence-corrected chi connectivity index (χ2v) is 9.76. The molecule has 1 heterocycles. The van der Waals surface area contributed by atoms with Crippen LogP contribution < -0.4 is 0 Å². The van der Waals surface area contributed by atoms with Crippen LogP contribution in [0.2, 0.25) is 0 Å². The van der Waals surface area contributed by atoms with E-state index in [1.54, 1.807) is 0 Å². The van der Waals surface area contributed by atoms with Crippen LogP contribution in [-0.2, 0) is 25.8 Å². The Hall–Kier alpha value is -0.0700. The summed E-state index contributed by atoms with van der Waals surface area (Å²) in [6, 6.07) is 0. The van der Waals surface area contributed by atoms with E-state index in [9.17, 15) is 17.8 Å². The number of unbranched alkanes of at least 4 members (excludes halogenated alkanes) is 1. The van der Waals surface area contributed by atoms with Crippen molar-refractivity contribution in [2.75, 3.05) is 23.0 Å². The molecule has 0 bridgehead atoms. The Kier molecular flexibility index (Phi) is 9.02. The van der Waals surface area contributed by atoms with Gasteiger partial charge in [0.05, 0.1) is 10.1 Å². The van der Waals surface area contributed by atoms with Gasteiger partial charge < -0.3 is 4.55 Å². The highest BCUT2D eigenvalue weighted by atomic mass is 32.2. The van der Waals surface area contributed by atoms with E-state index in [1.807, 2.05) is 13.8 Å². The molecule has 4 nitrogen and oxygen atoms in total. The van der Waals surface area contributed by atoms with E-state index in [-0.39, 0.29) is 5.75 Å². The average Bonchev–Trinajstić information content (AvgIpc) is 2.65. The van der Waals surface area contributed by atoms with Crippen LogP contribution in [0.4, 0.5) is 0 Å². The van der Waals surface area contributed by atoms with E-state index in [4.69, 9.17) is 0 Å². The first kappa shape index (κ1) is 19.9. The third-order valence-electron chi connectivity index (χ3n) is 3.17. The minimum atomic E-state index is -3.94. The summed E-state index contributed by atoms with van der Waals surface area (Å²) in [5, 5.41) is 0. The minimum absolute atomic E-state index is 0.219. The minimum Gasteiger partial charge on any atom is -0.748 e. The lowest BCUT2D eigenvalue weighted by atomic mass is 9.94. The molecule has 1 rings (SSSR count). The third kappa shape index (κ3) is 10.7. The zero-order valence-corrected chi connectivity index (χ0v) is 14.7. The Labute approximate surface area is 126 Å². The zero-order valence-electron chi connectivity index (χ0n) is 13.1. The molecule has 1 aliphatic rings. The van der Waals surface area contributed by atoms with Crippen molar-refractivity contribution in [1.82, 2.24) is 0 Å². The Bertz CT molecular complexity index is 388. The van der Waals surface area contributed by atoms with Gasteiger partial charge in [-0.1, -0.05) is 34.1 Å². The van der Waals surface area contributed by atoms with E-state index in [0.29, 0.717) is 28.5 Å². The van der Waals surface area contributed by atoms with Crippen LogP contribution in [0.3, 0.4) is 0 Å². The number of hydrogen-bond donors (Lipinski definition) is 0. The van der Waals surface area contributed by atoms with Crippen LogP contribution in [0.1, 0.15) is 53.4 Å². The highest BCUT2D eigenvalue weighted by Crippen LogP contribution is 2.32. The van der Waals surface area contributed by atoms with Crippen molar-refractivity contribution in [2.24, 2.45) is 5.41 Å². The first-order valence-electron chi connectivity index (χ1n) is 7.19. The van der Waals surface area contributed by atoms with Crippen molar-refractivity contribution in [3.05, 3.63) is 0 Å². The molecule has 0 aromatic heterocycles. The Morgan fingerprint density at radius 1 is 1.30 bits per heavy atom. The summed E-state index contributed by atoms with van der Waals surface area (Å²) in [7, 11) is -3.51. The van der Waals surface area contributed by atoms with Crippen LogP contribution >= 0.6 is 0 Å². The molecule has 0 radical (unpaired) electrons. The second-order valence-electron chi connectivity index (χ2n) is 6.03. The quantitative estimate of drug-likeness (QED) is 0.555. The second kappa shape index (κ2) is 9.05. The van der Waals surface area contributed by atoms with Crippen molar-refractivity contribution in [2.45, 2.75) is 53.4 Å². The Morgan fingerprint density at radius 3 is 2.20 bits per heavy atom. The zero-order chi connectivity index (χ0) is 15.8. The molecule has 0 N–H and O–H groups in total. The molecule has 20 heavy (non-hydrogen) atoms. The fraction of sp³-hybridized carbons (Fsp3) is 0.929. The van der Waals surface area contributed by atoms with E-state index < -0.39 is 10.1 Å². The summed E-state index contributed by atoms with van der Waals surface area (Å²) in [5.74, 6) is 3.66. The van der Waals surface area contributed by atoms with Gasteiger partial charge >= 0.3 is 0 Å². The number of carbonyl (C=O) groups excluding carboxylic acids is 1. The largest absolute Gasteiger partial charge is 0.748 e. The lowest BCUT2D eigenvalue weighted by molar-refractivity contribution is -0.116. The maximum atomic E-state index is 11.2. The van der Waals surface area contributed by atoms with Gasteiger partial charge in [-0.2, -0.15) is 0 Å². The van der Waals surface area contributed by atoms with Crippen LogP contribution in [0.25, 0.3) is 0 Å². The highest BCUT2D eigenvalue weighted by Gasteiger charge is 2.39. The summed E-state index contributed by atoms with van der Waals surface area (Å²) >= 11 is 0. The summed E-state index contributed by atoms with van der Waals surface area (Å²) < 4.78 is 29.5. The van der Waals surface area contributed by atoms with Gasteiger partial charge in [0.2, 0.25) is 0 Å². The maximum Gasteiger partial charge on any atom is 0.181 e. The van der Waals surface area contributed by atoms with Gasteiger partial charge in [0, 0.05) is 24.0 Å². The highest BCUT2D eigenvalue weighted by molar-refractivity contribution is 7.97. The SMILES string of the molecule is CCC(=O)C[S+]1CCC(C)(C)C1.CCCCS(=O)(=O)[O-]. The molecule has 1 unspecified atom stereocenters. The fourth-order valence-electron chi connectivity index (χ4n) is 1.89. The molecular weight excluding hydrogens is 296 g/mol. The molecule has 1 saturated heterocycles. The van der Waals surface area contributed by atoms with Gasteiger partial charge in [0.15, 0.2) is 11.5 Å². The van der Waals surface area contributed by atoms with Crippen molar-refractivity contribution < 1.29 is 17.8 Å². The standard InChI is InChI=1S/C10H19OS.C4H10O3S/c1-4-9(11)7-12-6-5-10(2,3)8-12;1-2-3-4-8(5,6)7/h4-8H2,1-3H3;2-4H2,1H3,(H,5,6,7)/q+1;/p-1. The first-order valence-corrected chi connectivity index (χ1v) is 10.5. The normalized spacial score (nSPS) is 21.1. The lowest BCUT2D eigenvalue weighted by Gasteiger charge is -2.10. The molecule has 0 aliphatic carbocycles. The van der Waals surface area contributed by atoms with Crippen molar-refractivity contribution >= 4 is 26.8 Å². The van der Waals surface area contributed by atoms with Gasteiger partial charge in [-0.25, -0.2) is 8.42 Å². The van der Waals surface area contributed by atoms with Crippen molar-refractivity contribution in [3.8, 4) is 0 Å². The van der Waals surface area contributed by atoms with Gasteiger partial charge in [-0.3, -0.25) is 4.79 Å². The molecule has 0 aromatic rings. The lowest BCUT2D eigenvalue weighted by Crippen LogP contribution is -2.20. The smallest absolute Gasteiger partial charge is 0.181 e. The summed E-state index contributed by atoms with van der Waals surface area (Å²) in [6.45, 7) is 8.44. The fourth-order valence-corrected chi connectivity index (χ4v) is 5.67. The molecule has 0 spiro atoms. The van der Waals surface area contributed by atoms with Crippen LogP contribution in [0.5, 0.6) is 0 Å². The molecule has 1 aliphatic heterocycles. The molecule has 0 saturated carbocycles. The van der Waals surface area contributed by atoms with Gasteiger partial charge in [0.1, 0.15) is 11.5 Å². The van der Waals surface area contributed by atoms with Gasteiger partial charge in [-0.05, 0) is 17.3 Å². The summed E-state index contributed by atoms with van der Waals surface area (Å²) in [6.07, 6.45) is 3.27. The van der Waals surface area contributed by atoms with E-state index >= 15 is 0 Å². The predicted molar refractivity (Wildman–Crippen MR) is 85.1 cm³/mol. The molecule has 0 aromatic carbocycles. The summed E-state index contributed by atoms with van der Waals surface area (Å²) in [5.41, 5.74) is 0.511. The number of hydrogen-bond acceptors (Lipinski definition) is 4. The van der Waals surface area contributed by atoms with E-state index in [2.05, 4.69) is 13.8 Å². The van der Waals surface area contributed by atoms with Gasteiger partial charge in [-0.15, -0.1) is 0 Å². The summed E-state index contributed by atoms with van der Waals surface area (Å²) in [4.78, 5) is 11.2. The maximum absolute atomic E-state index is 11.2. The van der Waals surface area contributed by atoms with Crippen LogP contribution in [0, 0.1) is 5.41 Å². The monoisotopic (exact) mass is 324 g/mol. The van der Waals surface area contributed by atoms with Crippen LogP contribution in [0.15, 0.2) is 0 Å². The first-order chi connectivity index (χ1) is 9.09. The number of rotatable bonds is 6. The number of carbonyl (C=O) groups is 1.